The highest BCUT2D eigenvalue weighted by atomic mass is 16.5. The zero-order chi connectivity index (χ0) is 14.1. The van der Waals surface area contributed by atoms with Crippen LogP contribution in [0.1, 0.15) is 40.5 Å². The first kappa shape index (κ1) is 20.2. The molecule has 0 aliphatic carbocycles. The van der Waals surface area contributed by atoms with E-state index in [0.29, 0.717) is 6.61 Å². The van der Waals surface area contributed by atoms with Crippen LogP contribution in [0.5, 0.6) is 0 Å². The van der Waals surface area contributed by atoms with E-state index in [9.17, 15) is 0 Å². The molecule has 4 nitrogen and oxygen atoms in total. The maximum atomic E-state index is 8.53. The summed E-state index contributed by atoms with van der Waals surface area (Å²) in [5.74, 6) is 0. The van der Waals surface area contributed by atoms with Gasteiger partial charge in [0.05, 0.1) is 0 Å². The molecule has 1 aliphatic heterocycles. The van der Waals surface area contributed by atoms with Crippen molar-refractivity contribution in [2.75, 3.05) is 52.5 Å². The van der Waals surface area contributed by atoms with Gasteiger partial charge in [0.1, 0.15) is 0 Å². The molecule has 0 aromatic heterocycles. The highest BCUT2D eigenvalue weighted by molar-refractivity contribution is 4.66. The maximum Gasteiger partial charge on any atom is 0.0487 e. The SMILES string of the molecule is CC.CC.OCCCOCCCN1CCNCC1. The third-order valence-corrected chi connectivity index (χ3v) is 2.42. The average molecular weight is 262 g/mol. The summed E-state index contributed by atoms with van der Waals surface area (Å²) in [6, 6.07) is 0. The van der Waals surface area contributed by atoms with Crippen LogP contribution in [0.3, 0.4) is 0 Å². The molecule has 1 saturated heterocycles. The number of hydrogen-bond acceptors (Lipinski definition) is 4. The molecular weight excluding hydrogens is 228 g/mol. The first-order valence-electron chi connectivity index (χ1n) is 7.55. The number of nitrogens with zero attached hydrogens (tertiary/aromatic N) is 1. The topological polar surface area (TPSA) is 44.7 Å². The first-order valence-corrected chi connectivity index (χ1v) is 7.55. The van der Waals surface area contributed by atoms with Gasteiger partial charge in [-0.15, -0.1) is 0 Å². The van der Waals surface area contributed by atoms with Crippen molar-refractivity contribution in [1.82, 2.24) is 10.2 Å². The zero-order valence-corrected chi connectivity index (χ0v) is 12.9. The fourth-order valence-electron chi connectivity index (χ4n) is 1.59. The molecule has 0 spiro atoms. The van der Waals surface area contributed by atoms with Crippen LogP contribution in [0.4, 0.5) is 0 Å². The van der Waals surface area contributed by atoms with Crippen LogP contribution >= 0.6 is 0 Å². The van der Waals surface area contributed by atoms with Crippen molar-refractivity contribution in [2.24, 2.45) is 0 Å². The van der Waals surface area contributed by atoms with Gasteiger partial charge in [-0.3, -0.25) is 0 Å². The van der Waals surface area contributed by atoms with Crippen LogP contribution in [-0.4, -0.2) is 62.6 Å². The molecule has 0 aromatic carbocycles. The Morgan fingerprint density at radius 2 is 1.56 bits per heavy atom. The Balaban J connectivity index is 0. The summed E-state index contributed by atoms with van der Waals surface area (Å²) in [4.78, 5) is 2.46. The molecule has 0 amide bonds. The quantitative estimate of drug-likeness (QED) is 0.686. The Hall–Kier alpha value is -0.160. The van der Waals surface area contributed by atoms with Gasteiger partial charge >= 0.3 is 0 Å². The molecule has 0 atom stereocenters. The van der Waals surface area contributed by atoms with E-state index in [2.05, 4.69) is 10.2 Å². The van der Waals surface area contributed by atoms with Crippen molar-refractivity contribution >= 4 is 0 Å². The van der Waals surface area contributed by atoms with E-state index >= 15 is 0 Å². The monoisotopic (exact) mass is 262 g/mol. The average Bonchev–Trinajstić information content (AvgIpc) is 2.48. The van der Waals surface area contributed by atoms with E-state index in [0.717, 1.165) is 52.2 Å². The van der Waals surface area contributed by atoms with Gasteiger partial charge in [-0.25, -0.2) is 0 Å². The second-order valence-electron chi connectivity index (χ2n) is 3.63. The largest absolute Gasteiger partial charge is 0.396 e. The van der Waals surface area contributed by atoms with Crippen LogP contribution in [-0.2, 0) is 4.74 Å². The lowest BCUT2D eigenvalue weighted by Crippen LogP contribution is -2.43. The van der Waals surface area contributed by atoms with Gasteiger partial charge in [0, 0.05) is 52.5 Å². The van der Waals surface area contributed by atoms with Crippen molar-refractivity contribution in [1.29, 1.82) is 0 Å². The third-order valence-electron chi connectivity index (χ3n) is 2.42. The Morgan fingerprint density at radius 3 is 2.11 bits per heavy atom. The van der Waals surface area contributed by atoms with Gasteiger partial charge < -0.3 is 20.1 Å². The number of hydrogen-bond donors (Lipinski definition) is 2. The van der Waals surface area contributed by atoms with E-state index in [1.165, 1.54) is 0 Å². The van der Waals surface area contributed by atoms with Gasteiger partial charge in [0.25, 0.3) is 0 Å². The number of nitrogens with one attached hydrogen (secondary N) is 1. The third kappa shape index (κ3) is 13.9. The van der Waals surface area contributed by atoms with E-state index in [-0.39, 0.29) is 6.61 Å². The predicted molar refractivity (Wildman–Crippen MR) is 79.1 cm³/mol. The van der Waals surface area contributed by atoms with E-state index in [4.69, 9.17) is 9.84 Å². The number of aliphatic hydroxyl groups is 1. The summed E-state index contributed by atoms with van der Waals surface area (Å²) in [6.07, 6.45) is 1.86. The first-order chi connectivity index (χ1) is 8.93. The van der Waals surface area contributed by atoms with E-state index in [1.54, 1.807) is 0 Å². The van der Waals surface area contributed by atoms with E-state index in [1.807, 2.05) is 27.7 Å². The second-order valence-corrected chi connectivity index (χ2v) is 3.63. The second kappa shape index (κ2) is 19.2. The lowest BCUT2D eigenvalue weighted by molar-refractivity contribution is 0.104. The minimum Gasteiger partial charge on any atom is -0.396 e. The standard InChI is InChI=1S/C10H22N2O2.2C2H6/c13-8-2-10-14-9-1-5-12-6-3-11-4-7-12;2*1-2/h11,13H,1-10H2;2*1-2H3. The molecule has 1 heterocycles. The summed E-state index contributed by atoms with van der Waals surface area (Å²) in [6.45, 7) is 15.4. The molecule has 4 heteroatoms. The summed E-state index contributed by atoms with van der Waals surface area (Å²) in [5.41, 5.74) is 0. The van der Waals surface area contributed by atoms with E-state index < -0.39 is 0 Å². The van der Waals surface area contributed by atoms with Gasteiger partial charge in [-0.2, -0.15) is 0 Å². The van der Waals surface area contributed by atoms with Gasteiger partial charge in [-0.05, 0) is 12.8 Å². The van der Waals surface area contributed by atoms with Crippen LogP contribution in [0, 0.1) is 0 Å². The van der Waals surface area contributed by atoms with Crippen molar-refractivity contribution in [3.8, 4) is 0 Å². The lowest BCUT2D eigenvalue weighted by atomic mass is 10.3. The van der Waals surface area contributed by atoms with Crippen LogP contribution in [0.15, 0.2) is 0 Å². The summed E-state index contributed by atoms with van der Waals surface area (Å²) >= 11 is 0. The molecule has 1 fully saturated rings. The molecule has 2 N–H and O–H groups in total. The Bertz CT molecular complexity index is 129. The van der Waals surface area contributed by atoms with Gasteiger partial charge in [-0.1, -0.05) is 27.7 Å². The summed E-state index contributed by atoms with van der Waals surface area (Å²) in [5, 5.41) is 11.9. The highest BCUT2D eigenvalue weighted by Crippen LogP contribution is 1.95. The zero-order valence-electron chi connectivity index (χ0n) is 12.9. The molecule has 112 valence electrons. The molecule has 18 heavy (non-hydrogen) atoms. The van der Waals surface area contributed by atoms with Gasteiger partial charge in [0.2, 0.25) is 0 Å². The minimum atomic E-state index is 0.234. The molecule has 0 saturated carbocycles. The van der Waals surface area contributed by atoms with Crippen molar-refractivity contribution in [2.45, 2.75) is 40.5 Å². The van der Waals surface area contributed by atoms with Crippen LogP contribution < -0.4 is 5.32 Å². The number of piperazine rings is 1. The fourth-order valence-corrected chi connectivity index (χ4v) is 1.59. The normalized spacial score (nSPS) is 15.2. The molecule has 1 aliphatic rings. The van der Waals surface area contributed by atoms with Crippen molar-refractivity contribution in [3.63, 3.8) is 0 Å². The van der Waals surface area contributed by atoms with Crippen LogP contribution in [0.2, 0.25) is 0 Å². The highest BCUT2D eigenvalue weighted by Gasteiger charge is 2.07. The molecule has 0 unspecified atom stereocenters. The fraction of sp³-hybridized carbons (Fsp3) is 1.00. The Morgan fingerprint density at radius 1 is 1.00 bits per heavy atom. The molecule has 0 bridgehead atoms. The minimum absolute atomic E-state index is 0.234. The Kier molecular flexibility index (Phi) is 21.5. The molecule has 0 radical (unpaired) electrons. The van der Waals surface area contributed by atoms with Crippen LogP contribution in [0.25, 0.3) is 0 Å². The smallest absolute Gasteiger partial charge is 0.0487 e. The number of rotatable bonds is 7. The van der Waals surface area contributed by atoms with Crippen molar-refractivity contribution in [3.05, 3.63) is 0 Å². The lowest BCUT2D eigenvalue weighted by Gasteiger charge is -2.26. The molecule has 1 rings (SSSR count). The maximum absolute atomic E-state index is 8.53. The molecule has 0 aromatic rings. The summed E-state index contributed by atoms with van der Waals surface area (Å²) < 4.78 is 5.36. The van der Waals surface area contributed by atoms with Crippen molar-refractivity contribution < 1.29 is 9.84 Å². The molecular formula is C14H34N2O2. The Labute approximate surface area is 114 Å². The predicted octanol–water partition coefficient (Wildman–Crippen LogP) is 1.73. The van der Waals surface area contributed by atoms with Gasteiger partial charge in [0.15, 0.2) is 0 Å². The number of ether oxygens (including phenoxy) is 1. The summed E-state index contributed by atoms with van der Waals surface area (Å²) in [7, 11) is 0. The number of aliphatic hydroxyl groups excluding tert-OH is 1.